The van der Waals surface area contributed by atoms with Crippen LogP contribution in [0, 0.1) is 0 Å². The van der Waals surface area contributed by atoms with E-state index in [1.807, 2.05) is 11.3 Å². The number of hydrogen-bond donors (Lipinski definition) is 0. The van der Waals surface area contributed by atoms with Gasteiger partial charge < -0.3 is 9.32 Å². The first-order valence-electron chi connectivity index (χ1n) is 22.0. The first-order chi connectivity index (χ1) is 30.7. The van der Waals surface area contributed by atoms with Crippen LogP contribution in [0.3, 0.4) is 0 Å². The van der Waals surface area contributed by atoms with Crippen LogP contribution in [0.5, 0.6) is 0 Å². The van der Waals surface area contributed by atoms with Gasteiger partial charge in [0.25, 0.3) is 0 Å². The van der Waals surface area contributed by atoms with E-state index in [0.29, 0.717) is 0 Å². The maximum atomic E-state index is 6.70. The molecule has 0 spiro atoms. The maximum absolute atomic E-state index is 6.70. The van der Waals surface area contributed by atoms with Gasteiger partial charge in [0.05, 0.1) is 0 Å². The Labute approximate surface area is 371 Å². The molecule has 11 aromatic rings. The summed E-state index contributed by atoms with van der Waals surface area (Å²) in [6.07, 6.45) is 0. The summed E-state index contributed by atoms with van der Waals surface area (Å²) in [6, 6.07) is 69.9. The summed E-state index contributed by atoms with van der Waals surface area (Å²) in [6.45, 7) is 9.40. The van der Waals surface area contributed by atoms with Crippen LogP contribution < -0.4 is 4.90 Å². The molecule has 2 heterocycles. The van der Waals surface area contributed by atoms with Crippen LogP contribution in [0.1, 0.15) is 49.9 Å². The summed E-state index contributed by atoms with van der Waals surface area (Å²) in [5.41, 5.74) is 20.4. The molecule has 0 unspecified atom stereocenters. The van der Waals surface area contributed by atoms with Crippen molar-refractivity contribution in [3.63, 3.8) is 0 Å². The Hall–Kier alpha value is -7.20. The molecule has 2 aromatic heterocycles. The Morgan fingerprint density at radius 1 is 0.349 bits per heavy atom. The predicted octanol–water partition coefficient (Wildman–Crippen LogP) is 17.4. The van der Waals surface area contributed by atoms with Gasteiger partial charge in [0.15, 0.2) is 0 Å². The maximum Gasteiger partial charge on any atom is 0.136 e. The quantitative estimate of drug-likeness (QED) is 0.172. The highest BCUT2D eigenvalue weighted by Crippen LogP contribution is 2.53. The molecule has 2 nitrogen and oxygen atoms in total. The van der Waals surface area contributed by atoms with Gasteiger partial charge in [0, 0.05) is 58.8 Å². The Morgan fingerprint density at radius 3 is 1.73 bits per heavy atom. The van der Waals surface area contributed by atoms with Crippen molar-refractivity contribution in [2.45, 2.75) is 38.5 Å². The van der Waals surface area contributed by atoms with Crippen LogP contribution in [0.25, 0.3) is 86.6 Å². The highest BCUT2D eigenvalue weighted by atomic mass is 32.1. The average molecular weight is 826 g/mol. The molecule has 300 valence electrons. The lowest BCUT2D eigenvalue weighted by Crippen LogP contribution is -2.14. The molecule has 63 heavy (non-hydrogen) atoms. The zero-order valence-electron chi connectivity index (χ0n) is 35.7. The van der Waals surface area contributed by atoms with Gasteiger partial charge in [-0.25, -0.2) is 0 Å². The zero-order valence-corrected chi connectivity index (χ0v) is 36.5. The van der Waals surface area contributed by atoms with Crippen molar-refractivity contribution in [2.24, 2.45) is 0 Å². The second kappa shape index (κ2) is 13.2. The van der Waals surface area contributed by atoms with Gasteiger partial charge in [-0.1, -0.05) is 143 Å². The zero-order chi connectivity index (χ0) is 42.2. The number of furan rings is 1. The van der Waals surface area contributed by atoms with Crippen LogP contribution in [-0.2, 0) is 10.8 Å². The molecule has 0 saturated heterocycles. The van der Waals surface area contributed by atoms with E-state index >= 15 is 0 Å². The number of fused-ring (bicyclic) bond motifs is 12. The van der Waals surface area contributed by atoms with E-state index in [4.69, 9.17) is 4.42 Å². The van der Waals surface area contributed by atoms with Gasteiger partial charge in [-0.2, -0.15) is 0 Å². The molecule has 0 saturated carbocycles. The van der Waals surface area contributed by atoms with Crippen LogP contribution in [-0.4, -0.2) is 0 Å². The van der Waals surface area contributed by atoms with Crippen LogP contribution in [0.4, 0.5) is 17.1 Å². The van der Waals surface area contributed by atoms with Crippen molar-refractivity contribution in [3.8, 4) is 44.5 Å². The minimum Gasteiger partial charge on any atom is -0.456 e. The Bertz CT molecular complexity index is 3700. The molecule has 0 radical (unpaired) electrons. The fraction of sp³-hybridized carbons (Fsp3) is 0.100. The van der Waals surface area contributed by atoms with Crippen molar-refractivity contribution < 1.29 is 4.42 Å². The van der Waals surface area contributed by atoms with E-state index in [1.165, 1.54) is 86.9 Å². The lowest BCUT2D eigenvalue weighted by molar-refractivity contribution is 0.657. The second-order valence-corrected chi connectivity index (χ2v) is 19.6. The third kappa shape index (κ3) is 5.30. The molecule has 0 bridgehead atoms. The lowest BCUT2D eigenvalue weighted by atomic mass is 9.82. The normalized spacial score (nSPS) is 14.3. The molecular weight excluding hydrogens is 783 g/mol. The molecule has 2 aliphatic carbocycles. The van der Waals surface area contributed by atoms with Crippen LogP contribution in [0.2, 0.25) is 0 Å². The molecular formula is C60H43NOS. The van der Waals surface area contributed by atoms with Gasteiger partial charge in [-0.3, -0.25) is 0 Å². The molecule has 0 fully saturated rings. The minimum absolute atomic E-state index is 0.0639. The van der Waals surface area contributed by atoms with Gasteiger partial charge in [0.2, 0.25) is 0 Å². The van der Waals surface area contributed by atoms with E-state index in [1.54, 1.807) is 0 Å². The lowest BCUT2D eigenvalue weighted by Gasteiger charge is -2.27. The van der Waals surface area contributed by atoms with Gasteiger partial charge >= 0.3 is 0 Å². The third-order valence-electron chi connectivity index (χ3n) is 14.3. The number of nitrogens with zero attached hydrogens (tertiary/aromatic N) is 1. The smallest absolute Gasteiger partial charge is 0.136 e. The highest BCUT2D eigenvalue weighted by molar-refractivity contribution is 7.25. The summed E-state index contributed by atoms with van der Waals surface area (Å²) < 4.78 is 9.29. The SMILES string of the molecule is CC1(C)c2ccccc2-c2cc(-c3cc(N(c4ccc5oc6cc7c(cc6c5c4)C(C)(C)c4ccccc4-7)c4ccc5sc6ccccc6c5c4)ccc3-c3ccccc3)ccc21. The molecule has 2 aliphatic rings. The largest absolute Gasteiger partial charge is 0.456 e. The number of hydrogen-bond acceptors (Lipinski definition) is 3. The molecule has 9 aromatic carbocycles. The third-order valence-corrected chi connectivity index (χ3v) is 15.4. The molecule has 0 amide bonds. The summed E-state index contributed by atoms with van der Waals surface area (Å²) >= 11 is 1.86. The summed E-state index contributed by atoms with van der Waals surface area (Å²) in [5, 5.41) is 4.82. The number of rotatable bonds is 5. The number of benzene rings is 9. The summed E-state index contributed by atoms with van der Waals surface area (Å²) in [7, 11) is 0. The molecule has 0 atom stereocenters. The minimum atomic E-state index is -0.113. The summed E-state index contributed by atoms with van der Waals surface area (Å²) in [5.74, 6) is 0. The Kier molecular flexibility index (Phi) is 7.61. The fourth-order valence-corrected chi connectivity index (χ4v) is 12.2. The van der Waals surface area contributed by atoms with Crippen LogP contribution in [0.15, 0.2) is 192 Å². The molecule has 0 aliphatic heterocycles. The molecule has 0 N–H and O–H groups in total. The number of anilines is 3. The van der Waals surface area contributed by atoms with Crippen molar-refractivity contribution >= 4 is 70.5 Å². The van der Waals surface area contributed by atoms with Crippen LogP contribution >= 0.6 is 11.3 Å². The van der Waals surface area contributed by atoms with Gasteiger partial charge in [-0.05, 0) is 140 Å². The fourth-order valence-electron chi connectivity index (χ4n) is 11.1. The molecule has 3 heteroatoms. The van der Waals surface area contributed by atoms with Crippen molar-refractivity contribution in [1.29, 1.82) is 0 Å². The van der Waals surface area contributed by atoms with Gasteiger partial charge in [-0.15, -0.1) is 11.3 Å². The second-order valence-electron chi connectivity index (χ2n) is 18.5. The van der Waals surface area contributed by atoms with Crippen molar-refractivity contribution in [1.82, 2.24) is 0 Å². The van der Waals surface area contributed by atoms with Crippen molar-refractivity contribution in [2.75, 3.05) is 4.90 Å². The van der Waals surface area contributed by atoms with E-state index in [9.17, 15) is 0 Å². The Balaban J connectivity index is 1.04. The van der Waals surface area contributed by atoms with E-state index < -0.39 is 0 Å². The highest BCUT2D eigenvalue weighted by Gasteiger charge is 2.37. The first kappa shape index (κ1) is 36.5. The predicted molar refractivity (Wildman–Crippen MR) is 267 cm³/mol. The van der Waals surface area contributed by atoms with E-state index in [2.05, 4.69) is 221 Å². The first-order valence-corrected chi connectivity index (χ1v) is 22.8. The van der Waals surface area contributed by atoms with E-state index in [0.717, 1.165) is 39.0 Å². The monoisotopic (exact) mass is 825 g/mol. The number of thiophene rings is 1. The standard InChI is InChI=1S/C60H43NOS/c1-59(2)51-19-11-8-16-42(51)46-30-37(22-27-53(46)59)45-31-38(23-26-41(45)36-14-6-5-7-15-36)61(40-25-29-58-50(33-40)44-18-10-13-21-57(44)63-58)39-24-28-55-48(32-39)49-34-54-47(35-56(49)62-55)43-17-9-12-20-52(43)60(54,3)4/h5-35H,1-4H3. The topological polar surface area (TPSA) is 16.4 Å². The summed E-state index contributed by atoms with van der Waals surface area (Å²) in [4.78, 5) is 2.45. The molecule has 13 rings (SSSR count). The average Bonchev–Trinajstić information content (AvgIpc) is 4.00. The van der Waals surface area contributed by atoms with Gasteiger partial charge in [0.1, 0.15) is 11.2 Å². The van der Waals surface area contributed by atoms with Crippen molar-refractivity contribution in [3.05, 3.63) is 210 Å². The van der Waals surface area contributed by atoms with E-state index in [-0.39, 0.29) is 10.8 Å². The Morgan fingerprint density at radius 2 is 0.937 bits per heavy atom.